The van der Waals surface area contributed by atoms with Gasteiger partial charge in [0.2, 0.25) is 0 Å². The summed E-state index contributed by atoms with van der Waals surface area (Å²) in [7, 11) is 0. The third-order valence-electron chi connectivity index (χ3n) is 4.18. The zero-order chi connectivity index (χ0) is 20.6. The van der Waals surface area contributed by atoms with Crippen molar-refractivity contribution >= 4 is 46.2 Å². The number of halogens is 1. The summed E-state index contributed by atoms with van der Waals surface area (Å²) in [5.41, 5.74) is 1.60. The lowest BCUT2D eigenvalue weighted by molar-refractivity contribution is -0.113. The van der Waals surface area contributed by atoms with Crippen molar-refractivity contribution in [2.24, 2.45) is 4.99 Å². The molecule has 1 fully saturated rings. The Labute approximate surface area is 180 Å². The van der Waals surface area contributed by atoms with E-state index in [-0.39, 0.29) is 19.1 Å². The summed E-state index contributed by atoms with van der Waals surface area (Å²) in [5, 5.41) is 10.00. The maximum atomic E-state index is 13.1. The van der Waals surface area contributed by atoms with Gasteiger partial charge in [-0.25, -0.2) is 0 Å². The van der Waals surface area contributed by atoms with Gasteiger partial charge in [0.1, 0.15) is 12.4 Å². The second-order valence-corrected chi connectivity index (χ2v) is 7.78. The molecular formula is C22H23ClN2O3S. The lowest BCUT2D eigenvalue weighted by Gasteiger charge is -2.15. The number of hydrogen-bond acceptors (Lipinski definition) is 5. The molecule has 1 heterocycles. The molecule has 1 amide bonds. The molecule has 1 aliphatic rings. The Hall–Kier alpha value is -2.28. The van der Waals surface area contributed by atoms with Crippen molar-refractivity contribution in [2.75, 3.05) is 24.7 Å². The zero-order valence-electron chi connectivity index (χ0n) is 16.2. The number of amidine groups is 1. The van der Waals surface area contributed by atoms with E-state index in [0.29, 0.717) is 27.4 Å². The van der Waals surface area contributed by atoms with E-state index in [2.05, 4.69) is 11.9 Å². The van der Waals surface area contributed by atoms with Crippen molar-refractivity contribution in [1.82, 2.24) is 0 Å². The van der Waals surface area contributed by atoms with Crippen molar-refractivity contribution < 1.29 is 14.6 Å². The van der Waals surface area contributed by atoms with Crippen LogP contribution in [0.1, 0.15) is 25.3 Å². The van der Waals surface area contributed by atoms with E-state index in [4.69, 9.17) is 21.4 Å². The fourth-order valence-corrected chi connectivity index (χ4v) is 4.00. The molecule has 0 radical (unpaired) electrons. The maximum Gasteiger partial charge on any atom is 0.271 e. The van der Waals surface area contributed by atoms with Crippen LogP contribution in [-0.2, 0) is 4.79 Å². The number of benzene rings is 2. The number of ether oxygens (including phenoxy) is 1. The van der Waals surface area contributed by atoms with Gasteiger partial charge in [0, 0.05) is 6.54 Å². The summed E-state index contributed by atoms with van der Waals surface area (Å²) in [5.74, 6) is 0.397. The number of carbonyl (C=O) groups excluding carboxylic acids is 1. The number of aliphatic imine (C=N–C) groups is 1. The van der Waals surface area contributed by atoms with Crippen LogP contribution in [-0.4, -0.2) is 35.9 Å². The van der Waals surface area contributed by atoms with Gasteiger partial charge in [-0.05, 0) is 54.1 Å². The summed E-state index contributed by atoms with van der Waals surface area (Å²) in [4.78, 5) is 20.0. The summed E-state index contributed by atoms with van der Waals surface area (Å²) in [6.07, 6.45) is 3.84. The van der Waals surface area contributed by atoms with Crippen LogP contribution < -0.4 is 9.64 Å². The van der Waals surface area contributed by atoms with Crippen LogP contribution in [0.15, 0.2) is 58.4 Å². The zero-order valence-corrected chi connectivity index (χ0v) is 17.7. The number of para-hydroxylation sites is 1. The van der Waals surface area contributed by atoms with Gasteiger partial charge in [-0.3, -0.25) is 14.7 Å². The van der Waals surface area contributed by atoms with Crippen LogP contribution in [0.5, 0.6) is 5.75 Å². The molecule has 2 aromatic rings. The van der Waals surface area contributed by atoms with Crippen molar-refractivity contribution in [2.45, 2.75) is 19.8 Å². The Balaban J connectivity index is 1.88. The molecule has 3 rings (SSSR count). The van der Waals surface area contributed by atoms with Crippen molar-refractivity contribution in [3.8, 4) is 5.75 Å². The van der Waals surface area contributed by atoms with Crippen molar-refractivity contribution in [1.29, 1.82) is 0 Å². The smallest absolute Gasteiger partial charge is 0.271 e. The second kappa shape index (κ2) is 10.5. The first-order valence-corrected chi connectivity index (χ1v) is 10.7. The molecule has 0 saturated carbocycles. The summed E-state index contributed by atoms with van der Waals surface area (Å²) >= 11 is 7.63. The number of aliphatic hydroxyl groups excluding tert-OH is 1. The molecule has 2 aromatic carbocycles. The average Bonchev–Trinajstić information content (AvgIpc) is 3.03. The monoisotopic (exact) mass is 430 g/mol. The lowest BCUT2D eigenvalue weighted by Crippen LogP contribution is -2.28. The standard InChI is InChI=1S/C22H23ClN2O3S/c1-2-3-11-24-22-25(17-7-5-4-6-8-17)21(27)20(29-22)15-16-9-10-19(18(23)14-16)28-13-12-26/h4-10,14-15,26H,2-3,11-13H2,1H3/b20-15-,24-22?. The van der Waals surface area contributed by atoms with Gasteiger partial charge in [0.25, 0.3) is 5.91 Å². The summed E-state index contributed by atoms with van der Waals surface area (Å²) in [6, 6.07) is 14.9. The molecule has 1 saturated heterocycles. The highest BCUT2D eigenvalue weighted by atomic mass is 35.5. The third-order valence-corrected chi connectivity index (χ3v) is 5.48. The molecule has 152 valence electrons. The number of rotatable bonds is 8. The number of hydrogen-bond donors (Lipinski definition) is 1. The fraction of sp³-hybridized carbons (Fsp3) is 0.273. The summed E-state index contributed by atoms with van der Waals surface area (Å²) in [6.45, 7) is 2.90. The van der Waals surface area contributed by atoms with Crippen LogP contribution in [0.3, 0.4) is 0 Å². The molecule has 7 heteroatoms. The van der Waals surface area contributed by atoms with Crippen molar-refractivity contribution in [3.63, 3.8) is 0 Å². The second-order valence-electron chi connectivity index (χ2n) is 6.37. The predicted molar refractivity (Wildman–Crippen MR) is 121 cm³/mol. The van der Waals surface area contributed by atoms with Gasteiger partial charge in [-0.1, -0.05) is 49.2 Å². The molecule has 29 heavy (non-hydrogen) atoms. The first kappa shape index (κ1) is 21.4. The van der Waals surface area contributed by atoms with E-state index < -0.39 is 0 Å². The predicted octanol–water partition coefficient (Wildman–Crippen LogP) is 4.99. The van der Waals surface area contributed by atoms with Gasteiger partial charge in [0.05, 0.1) is 22.2 Å². The van der Waals surface area contributed by atoms with Gasteiger partial charge in [0.15, 0.2) is 5.17 Å². The summed E-state index contributed by atoms with van der Waals surface area (Å²) < 4.78 is 5.38. The molecule has 0 unspecified atom stereocenters. The minimum atomic E-state index is -0.104. The van der Waals surface area contributed by atoms with E-state index in [0.717, 1.165) is 24.1 Å². The van der Waals surface area contributed by atoms with Crippen LogP contribution in [0.4, 0.5) is 5.69 Å². The van der Waals surface area contributed by atoms with Crippen LogP contribution in [0.25, 0.3) is 6.08 Å². The minimum Gasteiger partial charge on any atom is -0.490 e. The highest BCUT2D eigenvalue weighted by Gasteiger charge is 2.34. The molecule has 0 aromatic heterocycles. The van der Waals surface area contributed by atoms with Crippen LogP contribution >= 0.6 is 23.4 Å². The van der Waals surface area contributed by atoms with Crippen molar-refractivity contribution in [3.05, 3.63) is 64.0 Å². The number of nitrogens with zero attached hydrogens (tertiary/aromatic N) is 2. The molecular weight excluding hydrogens is 408 g/mol. The quantitative estimate of drug-likeness (QED) is 0.473. The van der Waals surface area contributed by atoms with E-state index >= 15 is 0 Å². The van der Waals surface area contributed by atoms with Gasteiger partial charge < -0.3 is 9.84 Å². The SMILES string of the molecule is CCCCN=C1S/C(=C\c2ccc(OCCO)c(Cl)c2)C(=O)N1c1ccccc1. The molecule has 0 aliphatic carbocycles. The number of carbonyl (C=O) groups is 1. The van der Waals surface area contributed by atoms with E-state index in [1.807, 2.05) is 42.5 Å². The van der Waals surface area contributed by atoms with E-state index in [9.17, 15) is 4.79 Å². The normalized spacial score (nSPS) is 16.8. The Morgan fingerprint density at radius 3 is 2.72 bits per heavy atom. The molecule has 0 atom stereocenters. The number of unbranched alkanes of at least 4 members (excludes halogenated alkanes) is 1. The van der Waals surface area contributed by atoms with Gasteiger partial charge in [-0.2, -0.15) is 0 Å². The molecule has 1 N–H and O–H groups in total. The Kier molecular flexibility index (Phi) is 7.75. The number of amides is 1. The minimum absolute atomic E-state index is 0.0806. The Morgan fingerprint density at radius 1 is 1.24 bits per heavy atom. The lowest BCUT2D eigenvalue weighted by atomic mass is 10.2. The average molecular weight is 431 g/mol. The Bertz CT molecular complexity index is 916. The Morgan fingerprint density at radius 2 is 2.03 bits per heavy atom. The van der Waals surface area contributed by atoms with Gasteiger partial charge >= 0.3 is 0 Å². The topological polar surface area (TPSA) is 62.1 Å². The third kappa shape index (κ3) is 5.41. The number of thioether (sulfide) groups is 1. The number of anilines is 1. The first-order chi connectivity index (χ1) is 14.1. The maximum absolute atomic E-state index is 13.1. The molecule has 1 aliphatic heterocycles. The van der Waals surface area contributed by atoms with E-state index in [1.165, 1.54) is 11.8 Å². The fourth-order valence-electron chi connectivity index (χ4n) is 2.75. The first-order valence-electron chi connectivity index (χ1n) is 9.50. The largest absolute Gasteiger partial charge is 0.490 e. The molecule has 0 bridgehead atoms. The molecule has 5 nitrogen and oxygen atoms in total. The van der Waals surface area contributed by atoms with Crippen LogP contribution in [0.2, 0.25) is 5.02 Å². The molecule has 0 spiro atoms. The van der Waals surface area contributed by atoms with Gasteiger partial charge in [-0.15, -0.1) is 0 Å². The number of aliphatic hydroxyl groups is 1. The van der Waals surface area contributed by atoms with E-state index in [1.54, 1.807) is 17.0 Å². The van der Waals surface area contributed by atoms with Crippen LogP contribution in [0, 0.1) is 0 Å². The highest BCUT2D eigenvalue weighted by Crippen LogP contribution is 2.36. The highest BCUT2D eigenvalue weighted by molar-refractivity contribution is 8.19.